The van der Waals surface area contributed by atoms with Crippen molar-refractivity contribution in [3.05, 3.63) is 30.3 Å². The molecule has 0 aromatic heterocycles. The Morgan fingerprint density at radius 1 is 0.895 bits per heavy atom. The Hall–Kier alpha value is -1.06. The lowest BCUT2D eigenvalue weighted by Gasteiger charge is -2.21. The average molecular weight is 264 g/mol. The number of anilines is 1. The fourth-order valence-electron chi connectivity index (χ4n) is 2.25. The average Bonchev–Trinajstić information content (AvgIpc) is 2.47. The minimum atomic E-state index is 0.843. The highest BCUT2D eigenvalue weighted by Crippen LogP contribution is 2.13. The minimum Gasteiger partial charge on any atom is -0.297 e. The van der Waals surface area contributed by atoms with Crippen molar-refractivity contribution in [3.8, 4) is 0 Å². The van der Waals surface area contributed by atoms with Crippen molar-refractivity contribution in [3.63, 3.8) is 0 Å². The van der Waals surface area contributed by atoms with Crippen LogP contribution in [0.2, 0.25) is 0 Å². The van der Waals surface area contributed by atoms with E-state index >= 15 is 0 Å². The fraction of sp³-hybridized carbons (Fsp3) is 0.625. The summed E-state index contributed by atoms with van der Waals surface area (Å²) in [5.74, 6) is 0. The molecule has 0 amide bonds. The van der Waals surface area contributed by atoms with Gasteiger partial charge in [-0.1, -0.05) is 70.1 Å². The quantitative estimate of drug-likeness (QED) is 0.455. The van der Waals surface area contributed by atoms with Crippen LogP contribution in [-0.2, 0) is 0 Å². The number of hydrazine groups is 1. The third kappa shape index (κ3) is 7.19. The van der Waals surface area contributed by atoms with Gasteiger partial charge in [0.05, 0.1) is 5.69 Å². The van der Waals surface area contributed by atoms with Crippen molar-refractivity contribution in [1.29, 1.82) is 0 Å². The Labute approximate surface area is 117 Å². The highest BCUT2D eigenvalue weighted by Gasteiger charge is 2.03. The van der Waals surface area contributed by atoms with Gasteiger partial charge in [-0.15, -0.1) is 5.59 Å². The summed E-state index contributed by atoms with van der Waals surface area (Å²) < 4.78 is 0. The van der Waals surface area contributed by atoms with Crippen molar-refractivity contribution in [2.24, 2.45) is 0 Å². The fourth-order valence-corrected chi connectivity index (χ4v) is 2.25. The highest BCUT2D eigenvalue weighted by molar-refractivity contribution is 5.44. The number of hydrogen-bond donors (Lipinski definition) is 2. The first-order valence-corrected chi connectivity index (χ1v) is 7.60. The summed E-state index contributed by atoms with van der Waals surface area (Å²) in [6, 6.07) is 9.93. The molecule has 3 heteroatoms. The van der Waals surface area contributed by atoms with Gasteiger partial charge in [-0.25, -0.2) is 0 Å². The number of unbranched alkanes of at least 4 members (excludes halogenated alkanes) is 7. The summed E-state index contributed by atoms with van der Waals surface area (Å²) in [4.78, 5) is 0. The Morgan fingerprint density at radius 2 is 1.47 bits per heavy atom. The summed E-state index contributed by atoms with van der Waals surface area (Å²) in [6.45, 7) is 3.09. The molecule has 0 saturated carbocycles. The molecule has 0 aliphatic heterocycles. The minimum absolute atomic E-state index is 0.843. The first-order chi connectivity index (χ1) is 9.38. The van der Waals surface area contributed by atoms with Crippen molar-refractivity contribution in [2.45, 2.75) is 58.3 Å². The van der Waals surface area contributed by atoms with Gasteiger partial charge in [-0.2, -0.15) is 0 Å². The molecule has 19 heavy (non-hydrogen) atoms. The predicted molar refractivity (Wildman–Crippen MR) is 81.3 cm³/mol. The van der Waals surface area contributed by atoms with E-state index in [9.17, 15) is 0 Å². The van der Waals surface area contributed by atoms with E-state index in [1.807, 2.05) is 30.3 Å². The molecule has 2 N–H and O–H groups in total. The molecule has 0 fully saturated rings. The third-order valence-electron chi connectivity index (χ3n) is 3.42. The van der Waals surface area contributed by atoms with Crippen LogP contribution in [0.5, 0.6) is 0 Å². The van der Waals surface area contributed by atoms with Crippen LogP contribution in [0.15, 0.2) is 30.3 Å². The second-order valence-electron chi connectivity index (χ2n) is 5.06. The SMILES string of the molecule is CCCCCCCCCCN(NO)c1ccccc1. The van der Waals surface area contributed by atoms with E-state index in [1.165, 1.54) is 44.9 Å². The summed E-state index contributed by atoms with van der Waals surface area (Å²) in [5, 5.41) is 10.9. The van der Waals surface area contributed by atoms with Crippen LogP contribution in [0.1, 0.15) is 58.3 Å². The van der Waals surface area contributed by atoms with Crippen LogP contribution >= 0.6 is 0 Å². The van der Waals surface area contributed by atoms with E-state index in [0.717, 1.165) is 18.7 Å². The molecule has 1 rings (SSSR count). The van der Waals surface area contributed by atoms with E-state index in [1.54, 1.807) is 5.01 Å². The molecular weight excluding hydrogens is 236 g/mol. The molecule has 0 heterocycles. The van der Waals surface area contributed by atoms with Crippen LogP contribution in [0, 0.1) is 0 Å². The zero-order valence-corrected chi connectivity index (χ0v) is 12.1. The van der Waals surface area contributed by atoms with Gasteiger partial charge in [-0.05, 0) is 18.6 Å². The lowest BCUT2D eigenvalue weighted by molar-refractivity contribution is 0.153. The number of benzene rings is 1. The van der Waals surface area contributed by atoms with Crippen LogP contribution in [0.4, 0.5) is 5.69 Å². The van der Waals surface area contributed by atoms with Crippen molar-refractivity contribution in [2.75, 3.05) is 11.6 Å². The van der Waals surface area contributed by atoms with Crippen LogP contribution < -0.4 is 10.6 Å². The molecule has 108 valence electrons. The lowest BCUT2D eigenvalue weighted by atomic mass is 10.1. The van der Waals surface area contributed by atoms with E-state index in [4.69, 9.17) is 5.21 Å². The molecule has 0 spiro atoms. The van der Waals surface area contributed by atoms with Gasteiger partial charge >= 0.3 is 0 Å². The van der Waals surface area contributed by atoms with Gasteiger partial charge < -0.3 is 0 Å². The molecule has 0 bridgehead atoms. The topological polar surface area (TPSA) is 35.5 Å². The van der Waals surface area contributed by atoms with Crippen molar-refractivity contribution in [1.82, 2.24) is 5.59 Å². The molecule has 0 aliphatic rings. The molecule has 0 saturated heterocycles. The standard InChI is InChI=1S/C16H28N2O/c1-2-3-4-5-6-7-8-12-15-18(17-19)16-13-10-9-11-14-16/h9-11,13-14,17,19H,2-8,12,15H2,1H3. The second kappa shape index (κ2) is 10.8. The first kappa shape index (κ1) is 16.0. The number of rotatable bonds is 11. The zero-order chi connectivity index (χ0) is 13.8. The Kier molecular flexibility index (Phi) is 9.11. The summed E-state index contributed by atoms with van der Waals surface area (Å²) in [6.07, 6.45) is 10.4. The van der Waals surface area contributed by atoms with Crippen molar-refractivity contribution >= 4 is 5.69 Å². The Balaban J connectivity index is 2.07. The van der Waals surface area contributed by atoms with Crippen LogP contribution in [-0.4, -0.2) is 11.8 Å². The molecule has 0 atom stereocenters. The summed E-state index contributed by atoms with van der Waals surface area (Å²) in [5.41, 5.74) is 3.28. The van der Waals surface area contributed by atoms with Gasteiger partial charge in [0.25, 0.3) is 0 Å². The monoisotopic (exact) mass is 264 g/mol. The summed E-state index contributed by atoms with van der Waals surface area (Å²) in [7, 11) is 0. The second-order valence-corrected chi connectivity index (χ2v) is 5.06. The molecular formula is C16H28N2O. The van der Waals surface area contributed by atoms with Crippen LogP contribution in [0.25, 0.3) is 0 Å². The normalized spacial score (nSPS) is 10.6. The zero-order valence-electron chi connectivity index (χ0n) is 12.1. The first-order valence-electron chi connectivity index (χ1n) is 7.60. The maximum absolute atomic E-state index is 9.16. The lowest BCUT2D eigenvalue weighted by Crippen LogP contribution is -2.36. The van der Waals surface area contributed by atoms with E-state index in [0.29, 0.717) is 0 Å². The predicted octanol–water partition coefficient (Wildman–Crippen LogP) is 4.53. The van der Waals surface area contributed by atoms with Gasteiger partial charge in [0.1, 0.15) is 0 Å². The molecule has 0 unspecified atom stereocenters. The van der Waals surface area contributed by atoms with Crippen molar-refractivity contribution < 1.29 is 5.21 Å². The van der Waals surface area contributed by atoms with E-state index in [-0.39, 0.29) is 0 Å². The molecule has 3 nitrogen and oxygen atoms in total. The maximum atomic E-state index is 9.16. The number of hydrogen-bond acceptors (Lipinski definition) is 3. The highest BCUT2D eigenvalue weighted by atomic mass is 16.5. The maximum Gasteiger partial charge on any atom is 0.0541 e. The van der Waals surface area contributed by atoms with Gasteiger partial charge in [0.2, 0.25) is 0 Å². The van der Waals surface area contributed by atoms with E-state index < -0.39 is 0 Å². The smallest absolute Gasteiger partial charge is 0.0541 e. The molecule has 1 aromatic rings. The Morgan fingerprint density at radius 3 is 2.05 bits per heavy atom. The molecule has 1 aromatic carbocycles. The number of para-hydroxylation sites is 1. The van der Waals surface area contributed by atoms with Gasteiger partial charge in [0, 0.05) is 6.54 Å². The number of nitrogens with zero attached hydrogens (tertiary/aromatic N) is 1. The number of nitrogens with one attached hydrogen (secondary N) is 1. The van der Waals surface area contributed by atoms with E-state index in [2.05, 4.69) is 12.5 Å². The largest absolute Gasteiger partial charge is 0.297 e. The van der Waals surface area contributed by atoms with Crippen LogP contribution in [0.3, 0.4) is 0 Å². The summed E-state index contributed by atoms with van der Waals surface area (Å²) >= 11 is 0. The van der Waals surface area contributed by atoms with Gasteiger partial charge in [-0.3, -0.25) is 10.2 Å². The Bertz CT molecular complexity index is 303. The molecule has 0 aliphatic carbocycles. The third-order valence-corrected chi connectivity index (χ3v) is 3.42. The molecule has 0 radical (unpaired) electrons. The van der Waals surface area contributed by atoms with Gasteiger partial charge in [0.15, 0.2) is 0 Å².